The zero-order chi connectivity index (χ0) is 16.5. The van der Waals surface area contributed by atoms with Crippen molar-refractivity contribution in [3.8, 4) is 0 Å². The summed E-state index contributed by atoms with van der Waals surface area (Å²) in [5, 5.41) is 9.64. The number of ketones is 1. The number of nitrogens with zero attached hydrogens (tertiary/aromatic N) is 1. The molecule has 1 saturated heterocycles. The van der Waals surface area contributed by atoms with Gasteiger partial charge in [0, 0.05) is 6.92 Å². The van der Waals surface area contributed by atoms with Gasteiger partial charge >= 0.3 is 7.12 Å². The van der Waals surface area contributed by atoms with Crippen LogP contribution >= 0.6 is 0 Å². The van der Waals surface area contributed by atoms with E-state index in [1.807, 2.05) is 27.7 Å². The molecular weight excluding hydrogens is 281 g/mol. The Kier molecular flexibility index (Phi) is 4.56. The predicted molar refractivity (Wildman–Crippen MR) is 85.4 cm³/mol. The standard InChI is InChI=1S/C16H22BNO4/c1-11(20)14-8-6-7-13(18-14)9-12(10-19)17-21-15(2,3)16(4,5)22-17/h6-9,19H,10H2,1-5H3. The number of carbonyl (C=O) groups excluding carboxylic acids is 1. The van der Waals surface area contributed by atoms with Crippen molar-refractivity contribution in [2.45, 2.75) is 45.8 Å². The average molecular weight is 303 g/mol. The van der Waals surface area contributed by atoms with E-state index >= 15 is 0 Å². The first-order valence-electron chi connectivity index (χ1n) is 7.31. The fourth-order valence-corrected chi connectivity index (χ4v) is 2.10. The molecule has 0 aliphatic carbocycles. The summed E-state index contributed by atoms with van der Waals surface area (Å²) in [4.78, 5) is 15.7. The number of hydrogen-bond donors (Lipinski definition) is 1. The summed E-state index contributed by atoms with van der Waals surface area (Å²) in [7, 11) is -0.627. The van der Waals surface area contributed by atoms with Crippen molar-refractivity contribution in [1.29, 1.82) is 0 Å². The zero-order valence-electron chi connectivity index (χ0n) is 13.7. The van der Waals surface area contributed by atoms with Gasteiger partial charge in [-0.1, -0.05) is 6.07 Å². The Morgan fingerprint density at radius 2 is 1.86 bits per heavy atom. The molecule has 0 saturated carbocycles. The minimum atomic E-state index is -0.627. The SMILES string of the molecule is CC(=O)c1cccc(C=C(CO)B2OC(C)(C)C(C)(C)O2)n1. The second kappa shape index (κ2) is 5.95. The molecule has 22 heavy (non-hydrogen) atoms. The Labute approximate surface area is 131 Å². The van der Waals surface area contributed by atoms with E-state index in [1.165, 1.54) is 6.92 Å². The Bertz CT molecular complexity index is 594. The summed E-state index contributed by atoms with van der Waals surface area (Å²) in [5.41, 5.74) is 0.611. The molecule has 2 rings (SSSR count). The van der Waals surface area contributed by atoms with Crippen molar-refractivity contribution in [1.82, 2.24) is 4.98 Å². The molecular formula is C16H22BNO4. The van der Waals surface area contributed by atoms with Crippen molar-refractivity contribution in [3.05, 3.63) is 35.1 Å². The minimum absolute atomic E-state index is 0.101. The molecule has 0 bridgehead atoms. The molecule has 0 amide bonds. The molecule has 0 atom stereocenters. The van der Waals surface area contributed by atoms with Gasteiger partial charge in [-0.25, -0.2) is 4.98 Å². The largest absolute Gasteiger partial charge is 0.492 e. The maximum Gasteiger partial charge on any atom is 0.492 e. The maximum atomic E-state index is 11.4. The highest BCUT2D eigenvalue weighted by Crippen LogP contribution is 2.38. The molecule has 0 aromatic carbocycles. The molecule has 1 aromatic rings. The van der Waals surface area contributed by atoms with Gasteiger partial charge in [0.1, 0.15) is 5.69 Å². The van der Waals surface area contributed by atoms with Gasteiger partial charge in [0.15, 0.2) is 5.78 Å². The Morgan fingerprint density at radius 1 is 1.27 bits per heavy atom. The molecule has 1 fully saturated rings. The van der Waals surface area contributed by atoms with E-state index in [1.54, 1.807) is 24.3 Å². The van der Waals surface area contributed by atoms with Crippen LogP contribution in [0, 0.1) is 0 Å². The fourth-order valence-electron chi connectivity index (χ4n) is 2.10. The van der Waals surface area contributed by atoms with Crippen LogP contribution in [-0.2, 0) is 9.31 Å². The molecule has 1 aliphatic heterocycles. The van der Waals surface area contributed by atoms with E-state index in [4.69, 9.17) is 9.31 Å². The molecule has 6 heteroatoms. The topological polar surface area (TPSA) is 68.7 Å². The summed E-state index contributed by atoms with van der Waals surface area (Å²) in [6, 6.07) is 5.19. The molecule has 1 aromatic heterocycles. The van der Waals surface area contributed by atoms with Crippen molar-refractivity contribution in [3.63, 3.8) is 0 Å². The highest BCUT2D eigenvalue weighted by molar-refractivity contribution is 6.55. The van der Waals surface area contributed by atoms with Crippen molar-refractivity contribution >= 4 is 19.0 Å². The van der Waals surface area contributed by atoms with E-state index in [9.17, 15) is 9.90 Å². The number of pyridine rings is 1. The third-order valence-electron chi connectivity index (χ3n) is 4.20. The Morgan fingerprint density at radius 3 is 2.36 bits per heavy atom. The Hall–Kier alpha value is -1.50. The summed E-state index contributed by atoms with van der Waals surface area (Å²) in [6.07, 6.45) is 1.70. The smallest absolute Gasteiger partial charge is 0.400 e. The van der Waals surface area contributed by atoms with E-state index in [0.717, 1.165) is 0 Å². The summed E-state index contributed by atoms with van der Waals surface area (Å²) in [5.74, 6) is -0.101. The maximum absolute atomic E-state index is 11.4. The highest BCUT2D eigenvalue weighted by Gasteiger charge is 2.52. The number of aliphatic hydroxyl groups is 1. The molecule has 5 nitrogen and oxygen atoms in total. The molecule has 1 aliphatic rings. The second-order valence-electron chi connectivity index (χ2n) is 6.47. The molecule has 1 N–H and O–H groups in total. The average Bonchev–Trinajstić information content (AvgIpc) is 2.65. The first kappa shape index (κ1) is 16.9. The monoisotopic (exact) mass is 303 g/mol. The van der Waals surface area contributed by atoms with Gasteiger partial charge in [-0.3, -0.25) is 4.79 Å². The summed E-state index contributed by atoms with van der Waals surface area (Å²) < 4.78 is 11.8. The van der Waals surface area contributed by atoms with Gasteiger partial charge in [-0.15, -0.1) is 0 Å². The lowest BCUT2D eigenvalue weighted by atomic mass is 9.78. The van der Waals surface area contributed by atoms with Crippen molar-refractivity contribution in [2.24, 2.45) is 0 Å². The zero-order valence-corrected chi connectivity index (χ0v) is 13.7. The lowest BCUT2D eigenvalue weighted by Gasteiger charge is -2.32. The molecule has 0 radical (unpaired) electrons. The van der Waals surface area contributed by atoms with Gasteiger partial charge in [0.05, 0.1) is 23.5 Å². The first-order valence-corrected chi connectivity index (χ1v) is 7.31. The van der Waals surface area contributed by atoms with Crippen LogP contribution in [0.25, 0.3) is 6.08 Å². The highest BCUT2D eigenvalue weighted by atomic mass is 16.7. The van der Waals surface area contributed by atoms with E-state index in [2.05, 4.69) is 4.98 Å². The van der Waals surface area contributed by atoms with Crippen LogP contribution in [0.3, 0.4) is 0 Å². The normalized spacial score (nSPS) is 20.3. The summed E-state index contributed by atoms with van der Waals surface area (Å²) >= 11 is 0. The third-order valence-corrected chi connectivity index (χ3v) is 4.20. The number of aliphatic hydroxyl groups excluding tert-OH is 1. The molecule has 118 valence electrons. The quantitative estimate of drug-likeness (QED) is 0.683. The number of Topliss-reactive ketones (excluding diaryl/α,β-unsaturated/α-hetero) is 1. The number of hydrogen-bond acceptors (Lipinski definition) is 5. The lowest BCUT2D eigenvalue weighted by Crippen LogP contribution is -2.41. The van der Waals surface area contributed by atoms with Crippen molar-refractivity contribution in [2.75, 3.05) is 6.61 Å². The lowest BCUT2D eigenvalue weighted by molar-refractivity contribution is 0.00578. The van der Waals surface area contributed by atoms with Gasteiger partial charge in [-0.2, -0.15) is 0 Å². The third kappa shape index (κ3) is 3.29. The fraction of sp³-hybridized carbons (Fsp3) is 0.500. The van der Waals surface area contributed by atoms with Crippen LogP contribution in [0.1, 0.15) is 50.8 Å². The van der Waals surface area contributed by atoms with Crippen LogP contribution in [0.15, 0.2) is 23.7 Å². The van der Waals surface area contributed by atoms with Crippen LogP contribution in [0.2, 0.25) is 0 Å². The van der Waals surface area contributed by atoms with Crippen LogP contribution in [0.5, 0.6) is 0 Å². The van der Waals surface area contributed by atoms with Crippen LogP contribution < -0.4 is 0 Å². The predicted octanol–water partition coefficient (Wildman–Crippen LogP) is 2.29. The molecule has 0 unspecified atom stereocenters. The molecule has 2 heterocycles. The first-order chi connectivity index (χ1) is 10.2. The van der Waals surface area contributed by atoms with Crippen LogP contribution in [0.4, 0.5) is 0 Å². The summed E-state index contributed by atoms with van der Waals surface area (Å²) in [6.45, 7) is 9.08. The Balaban J connectivity index is 2.29. The molecule has 0 spiro atoms. The van der Waals surface area contributed by atoms with E-state index in [0.29, 0.717) is 16.9 Å². The second-order valence-corrected chi connectivity index (χ2v) is 6.47. The van der Waals surface area contributed by atoms with Crippen LogP contribution in [-0.4, -0.2) is 40.8 Å². The van der Waals surface area contributed by atoms with Gasteiger partial charge in [-0.05, 0) is 51.4 Å². The number of carbonyl (C=O) groups is 1. The minimum Gasteiger partial charge on any atom is -0.400 e. The van der Waals surface area contributed by atoms with E-state index < -0.39 is 18.3 Å². The van der Waals surface area contributed by atoms with Crippen molar-refractivity contribution < 1.29 is 19.2 Å². The number of rotatable bonds is 4. The van der Waals surface area contributed by atoms with Gasteiger partial charge in [0.25, 0.3) is 0 Å². The van der Waals surface area contributed by atoms with E-state index in [-0.39, 0.29) is 12.4 Å². The van der Waals surface area contributed by atoms with Gasteiger partial charge in [0.2, 0.25) is 0 Å². The number of aromatic nitrogens is 1. The van der Waals surface area contributed by atoms with Gasteiger partial charge < -0.3 is 14.4 Å².